The fourth-order valence-corrected chi connectivity index (χ4v) is 1.73. The highest BCUT2D eigenvalue weighted by Gasteiger charge is 2.07. The van der Waals surface area contributed by atoms with Crippen molar-refractivity contribution in [2.24, 2.45) is 0 Å². The number of nitrogens with zero attached hydrogens (tertiary/aromatic N) is 1. The van der Waals surface area contributed by atoms with Gasteiger partial charge in [0.15, 0.2) is 0 Å². The van der Waals surface area contributed by atoms with Crippen molar-refractivity contribution in [2.45, 2.75) is 13.8 Å². The van der Waals surface area contributed by atoms with Gasteiger partial charge in [0, 0.05) is 16.9 Å². The zero-order valence-corrected chi connectivity index (χ0v) is 11.5. The van der Waals surface area contributed by atoms with Crippen LogP contribution in [0.4, 0.5) is 16.3 Å². The van der Waals surface area contributed by atoms with Crippen LogP contribution in [0.25, 0.3) is 0 Å². The fraction of sp³-hybridized carbons (Fsp3) is 0.143. The monoisotopic (exact) mass is 275 g/mol. The van der Waals surface area contributed by atoms with E-state index in [1.807, 2.05) is 19.9 Å². The van der Waals surface area contributed by atoms with Crippen molar-refractivity contribution in [2.75, 3.05) is 10.6 Å². The van der Waals surface area contributed by atoms with Crippen LogP contribution in [0.1, 0.15) is 11.1 Å². The molecule has 0 fully saturated rings. The summed E-state index contributed by atoms with van der Waals surface area (Å²) < 4.78 is 0. The van der Waals surface area contributed by atoms with Crippen LogP contribution in [0.2, 0.25) is 5.02 Å². The Morgan fingerprint density at radius 3 is 2.63 bits per heavy atom. The minimum Gasteiger partial charge on any atom is -0.307 e. The molecule has 98 valence electrons. The number of urea groups is 1. The number of aryl methyl sites for hydroxylation is 1. The number of halogens is 1. The van der Waals surface area contributed by atoms with Crippen molar-refractivity contribution >= 4 is 29.1 Å². The van der Waals surface area contributed by atoms with Crippen molar-refractivity contribution in [1.29, 1.82) is 0 Å². The maximum absolute atomic E-state index is 11.8. The van der Waals surface area contributed by atoms with Crippen LogP contribution in [0.3, 0.4) is 0 Å². The number of amides is 2. The lowest BCUT2D eigenvalue weighted by Gasteiger charge is -2.10. The summed E-state index contributed by atoms with van der Waals surface area (Å²) in [4.78, 5) is 15.9. The zero-order chi connectivity index (χ0) is 13.8. The van der Waals surface area contributed by atoms with E-state index in [9.17, 15) is 4.79 Å². The van der Waals surface area contributed by atoms with Gasteiger partial charge in [0.1, 0.15) is 5.82 Å². The lowest BCUT2D eigenvalue weighted by Crippen LogP contribution is -2.20. The molecule has 1 aromatic heterocycles. The fourth-order valence-electron chi connectivity index (χ4n) is 1.55. The summed E-state index contributed by atoms with van der Waals surface area (Å²) in [5.41, 5.74) is 2.55. The first kappa shape index (κ1) is 13.4. The molecule has 5 heteroatoms. The molecule has 0 aliphatic heterocycles. The Morgan fingerprint density at radius 2 is 1.95 bits per heavy atom. The van der Waals surface area contributed by atoms with E-state index in [-0.39, 0.29) is 6.03 Å². The highest BCUT2D eigenvalue weighted by atomic mass is 35.5. The van der Waals surface area contributed by atoms with Gasteiger partial charge in [0.25, 0.3) is 0 Å². The highest BCUT2D eigenvalue weighted by Crippen LogP contribution is 2.22. The molecule has 0 aliphatic carbocycles. The van der Waals surface area contributed by atoms with Crippen LogP contribution in [-0.2, 0) is 0 Å². The summed E-state index contributed by atoms with van der Waals surface area (Å²) in [6.07, 6.45) is 1.69. The lowest BCUT2D eigenvalue weighted by molar-refractivity contribution is 0.262. The molecule has 4 nitrogen and oxygen atoms in total. The SMILES string of the molecule is Cc1ccc(NC(=O)Nc2cccc(Cl)c2C)nc1. The van der Waals surface area contributed by atoms with Gasteiger partial charge in [-0.05, 0) is 43.2 Å². The summed E-state index contributed by atoms with van der Waals surface area (Å²) in [6.45, 7) is 3.79. The largest absolute Gasteiger partial charge is 0.324 e. The molecule has 0 radical (unpaired) electrons. The van der Waals surface area contributed by atoms with Crippen LogP contribution in [0.5, 0.6) is 0 Å². The molecule has 1 aromatic carbocycles. The van der Waals surface area contributed by atoms with Crippen molar-refractivity contribution in [3.05, 3.63) is 52.7 Å². The van der Waals surface area contributed by atoms with Gasteiger partial charge in [-0.2, -0.15) is 0 Å². The first-order valence-corrected chi connectivity index (χ1v) is 6.20. The van der Waals surface area contributed by atoms with Crippen LogP contribution in [0, 0.1) is 13.8 Å². The number of aromatic nitrogens is 1. The van der Waals surface area contributed by atoms with Gasteiger partial charge < -0.3 is 5.32 Å². The van der Waals surface area contributed by atoms with Gasteiger partial charge in [-0.1, -0.05) is 23.7 Å². The summed E-state index contributed by atoms with van der Waals surface area (Å²) in [5, 5.41) is 6.02. The molecule has 2 rings (SSSR count). The standard InChI is InChI=1S/C14H14ClN3O/c1-9-6-7-13(16-8-9)18-14(19)17-12-5-3-4-11(15)10(12)2/h3-8H,1-2H3,(H2,16,17,18,19). The Bertz CT molecular complexity index is 596. The van der Waals surface area contributed by atoms with Gasteiger partial charge in [-0.15, -0.1) is 0 Å². The van der Waals surface area contributed by atoms with E-state index in [1.54, 1.807) is 30.5 Å². The van der Waals surface area contributed by atoms with E-state index in [2.05, 4.69) is 15.6 Å². The third-order valence-electron chi connectivity index (χ3n) is 2.67. The molecule has 1 heterocycles. The summed E-state index contributed by atoms with van der Waals surface area (Å²) in [7, 11) is 0. The molecule has 0 unspecified atom stereocenters. The second-order valence-corrected chi connectivity index (χ2v) is 4.62. The molecular formula is C14H14ClN3O. The number of benzene rings is 1. The Morgan fingerprint density at radius 1 is 1.16 bits per heavy atom. The predicted molar refractivity (Wildman–Crippen MR) is 77.8 cm³/mol. The van der Waals surface area contributed by atoms with Gasteiger partial charge in [-0.3, -0.25) is 5.32 Å². The maximum atomic E-state index is 11.8. The average molecular weight is 276 g/mol. The molecule has 0 spiro atoms. The normalized spacial score (nSPS) is 10.1. The minimum absolute atomic E-state index is 0.346. The van der Waals surface area contributed by atoms with Crippen molar-refractivity contribution < 1.29 is 4.79 Å². The molecule has 0 aliphatic rings. The Labute approximate surface area is 116 Å². The van der Waals surface area contributed by atoms with E-state index in [4.69, 9.17) is 11.6 Å². The van der Waals surface area contributed by atoms with Gasteiger partial charge in [0.05, 0.1) is 0 Å². The second kappa shape index (κ2) is 5.71. The molecule has 2 aromatic rings. The van der Waals surface area contributed by atoms with E-state index in [0.717, 1.165) is 11.1 Å². The lowest BCUT2D eigenvalue weighted by atomic mass is 10.2. The number of rotatable bonds is 2. The van der Waals surface area contributed by atoms with E-state index in [0.29, 0.717) is 16.5 Å². The number of anilines is 2. The van der Waals surface area contributed by atoms with E-state index < -0.39 is 0 Å². The number of pyridine rings is 1. The molecule has 0 saturated heterocycles. The highest BCUT2D eigenvalue weighted by molar-refractivity contribution is 6.31. The third kappa shape index (κ3) is 3.45. The van der Waals surface area contributed by atoms with Crippen LogP contribution < -0.4 is 10.6 Å². The Hall–Kier alpha value is -2.07. The summed E-state index contributed by atoms with van der Waals surface area (Å²) in [6, 6.07) is 8.65. The maximum Gasteiger partial charge on any atom is 0.324 e. The average Bonchev–Trinajstić information content (AvgIpc) is 2.38. The van der Waals surface area contributed by atoms with Crippen LogP contribution in [0.15, 0.2) is 36.5 Å². The van der Waals surface area contributed by atoms with E-state index >= 15 is 0 Å². The van der Waals surface area contributed by atoms with Crippen LogP contribution in [-0.4, -0.2) is 11.0 Å². The number of hydrogen-bond donors (Lipinski definition) is 2. The second-order valence-electron chi connectivity index (χ2n) is 4.21. The van der Waals surface area contributed by atoms with Crippen molar-refractivity contribution in [1.82, 2.24) is 4.98 Å². The predicted octanol–water partition coefficient (Wildman–Crippen LogP) is 4.00. The molecular weight excluding hydrogens is 262 g/mol. The first-order chi connectivity index (χ1) is 9.06. The smallest absolute Gasteiger partial charge is 0.307 e. The van der Waals surface area contributed by atoms with Crippen LogP contribution >= 0.6 is 11.6 Å². The molecule has 2 amide bonds. The molecule has 0 bridgehead atoms. The Balaban J connectivity index is 2.05. The quantitative estimate of drug-likeness (QED) is 0.870. The first-order valence-electron chi connectivity index (χ1n) is 5.82. The molecule has 2 N–H and O–H groups in total. The molecule has 19 heavy (non-hydrogen) atoms. The number of hydrogen-bond acceptors (Lipinski definition) is 2. The van der Waals surface area contributed by atoms with E-state index in [1.165, 1.54) is 0 Å². The topological polar surface area (TPSA) is 54.0 Å². The number of carbonyl (C=O) groups excluding carboxylic acids is 1. The minimum atomic E-state index is -0.346. The summed E-state index contributed by atoms with van der Waals surface area (Å²) >= 11 is 5.99. The number of carbonyl (C=O) groups is 1. The van der Waals surface area contributed by atoms with Crippen molar-refractivity contribution in [3.8, 4) is 0 Å². The van der Waals surface area contributed by atoms with Crippen molar-refractivity contribution in [3.63, 3.8) is 0 Å². The third-order valence-corrected chi connectivity index (χ3v) is 3.08. The number of nitrogens with one attached hydrogen (secondary N) is 2. The summed E-state index contributed by atoms with van der Waals surface area (Å²) in [5.74, 6) is 0.503. The van der Waals surface area contributed by atoms with Gasteiger partial charge in [0.2, 0.25) is 0 Å². The van der Waals surface area contributed by atoms with Gasteiger partial charge >= 0.3 is 6.03 Å². The Kier molecular flexibility index (Phi) is 4.02. The van der Waals surface area contributed by atoms with Gasteiger partial charge in [-0.25, -0.2) is 9.78 Å². The molecule has 0 saturated carbocycles. The molecule has 0 atom stereocenters. The zero-order valence-electron chi connectivity index (χ0n) is 10.7.